The van der Waals surface area contributed by atoms with E-state index in [0.29, 0.717) is 5.92 Å². The van der Waals surface area contributed by atoms with Crippen molar-refractivity contribution in [2.24, 2.45) is 16.7 Å². The van der Waals surface area contributed by atoms with E-state index in [2.05, 4.69) is 18.8 Å². The van der Waals surface area contributed by atoms with Crippen molar-refractivity contribution in [3.8, 4) is 0 Å². The Hall–Kier alpha value is -1.95. The van der Waals surface area contributed by atoms with Gasteiger partial charge in [-0.05, 0) is 54.2 Å². The number of nitrogens with zero attached hydrogens (tertiary/aromatic N) is 2. The molecule has 1 spiro atoms. The van der Waals surface area contributed by atoms with Crippen LogP contribution in [0, 0.1) is 16.7 Å². The van der Waals surface area contributed by atoms with Crippen LogP contribution in [0.25, 0.3) is 10.9 Å². The van der Waals surface area contributed by atoms with Gasteiger partial charge in [-0.15, -0.1) is 0 Å². The predicted molar refractivity (Wildman–Crippen MR) is 113 cm³/mol. The normalized spacial score (nSPS) is 32.4. The SMILES string of the molecule is C[C@@H](CC(=O)N1[C@@H]2CC3CC[C@]2(CS1(=O)=O)C3(C)C)c1ccc2cccnc2c1. The van der Waals surface area contributed by atoms with E-state index < -0.39 is 10.0 Å². The number of pyridine rings is 1. The third-order valence-corrected chi connectivity index (χ3v) is 10.3. The fourth-order valence-electron chi connectivity index (χ4n) is 6.48. The fourth-order valence-corrected chi connectivity index (χ4v) is 9.04. The second-order valence-electron chi connectivity index (χ2n) is 9.87. The molecule has 2 saturated carbocycles. The van der Waals surface area contributed by atoms with E-state index in [9.17, 15) is 13.2 Å². The van der Waals surface area contributed by atoms with E-state index >= 15 is 0 Å². The van der Waals surface area contributed by atoms with Gasteiger partial charge in [0.1, 0.15) is 0 Å². The van der Waals surface area contributed by atoms with Gasteiger partial charge in [-0.2, -0.15) is 0 Å². The molecule has 3 aliphatic rings. The summed E-state index contributed by atoms with van der Waals surface area (Å²) in [5, 5.41) is 1.06. The first-order valence-corrected chi connectivity index (χ1v) is 12.2. The van der Waals surface area contributed by atoms with Crippen LogP contribution >= 0.6 is 0 Å². The largest absolute Gasteiger partial charge is 0.274 e. The van der Waals surface area contributed by atoms with Gasteiger partial charge >= 0.3 is 0 Å². The maximum absolute atomic E-state index is 13.3. The molecule has 6 heteroatoms. The molecule has 1 saturated heterocycles. The zero-order chi connectivity index (χ0) is 20.6. The molecule has 2 aromatic rings. The molecular formula is C23H28N2O3S. The molecule has 0 N–H and O–H groups in total. The lowest BCUT2D eigenvalue weighted by Crippen LogP contribution is -2.44. The lowest BCUT2D eigenvalue weighted by molar-refractivity contribution is -0.129. The molecule has 2 bridgehead atoms. The Morgan fingerprint density at radius 1 is 1.31 bits per heavy atom. The number of sulfonamides is 1. The lowest BCUT2D eigenvalue weighted by atomic mass is 9.69. The van der Waals surface area contributed by atoms with Crippen molar-refractivity contribution in [3.63, 3.8) is 0 Å². The maximum Gasteiger partial charge on any atom is 0.238 e. The van der Waals surface area contributed by atoms with E-state index in [1.54, 1.807) is 6.20 Å². The predicted octanol–water partition coefficient (Wildman–Crippen LogP) is 4.10. The molecule has 0 radical (unpaired) electrons. The molecule has 2 heterocycles. The highest BCUT2D eigenvalue weighted by Gasteiger charge is 2.72. The molecule has 29 heavy (non-hydrogen) atoms. The highest BCUT2D eigenvalue weighted by atomic mass is 32.2. The van der Waals surface area contributed by atoms with Gasteiger partial charge in [0.15, 0.2) is 0 Å². The summed E-state index contributed by atoms with van der Waals surface area (Å²) in [7, 11) is -3.55. The first-order chi connectivity index (χ1) is 13.7. The van der Waals surface area contributed by atoms with Gasteiger partial charge in [0, 0.05) is 23.4 Å². The Bertz CT molecular complexity index is 1110. The van der Waals surface area contributed by atoms with Crippen molar-refractivity contribution in [1.82, 2.24) is 9.29 Å². The number of fused-ring (bicyclic) bond motifs is 2. The van der Waals surface area contributed by atoms with E-state index in [4.69, 9.17) is 0 Å². The zero-order valence-electron chi connectivity index (χ0n) is 17.3. The van der Waals surface area contributed by atoms with Crippen LogP contribution in [0.5, 0.6) is 0 Å². The molecular weight excluding hydrogens is 384 g/mol. The third kappa shape index (κ3) is 2.54. The quantitative estimate of drug-likeness (QED) is 0.761. The van der Waals surface area contributed by atoms with Gasteiger partial charge in [0.2, 0.25) is 15.9 Å². The van der Waals surface area contributed by atoms with Crippen LogP contribution in [-0.4, -0.2) is 35.4 Å². The number of aromatic nitrogens is 1. The molecule has 1 unspecified atom stereocenters. The zero-order valence-corrected chi connectivity index (χ0v) is 18.1. The summed E-state index contributed by atoms with van der Waals surface area (Å²) in [5.41, 5.74) is 1.63. The number of hydrogen-bond acceptors (Lipinski definition) is 4. The van der Waals surface area contributed by atoms with E-state index in [1.165, 1.54) is 4.31 Å². The molecule has 3 fully saturated rings. The minimum absolute atomic E-state index is 0.0185. The average Bonchev–Trinajstić information content (AvgIpc) is 3.15. The summed E-state index contributed by atoms with van der Waals surface area (Å²) in [6, 6.07) is 9.79. The second-order valence-corrected chi connectivity index (χ2v) is 11.7. The molecule has 154 valence electrons. The van der Waals surface area contributed by atoms with Crippen LogP contribution in [-0.2, 0) is 14.8 Å². The molecule has 1 aromatic carbocycles. The van der Waals surface area contributed by atoms with Crippen LogP contribution in [0.4, 0.5) is 0 Å². The van der Waals surface area contributed by atoms with Crippen LogP contribution in [0.1, 0.15) is 57.9 Å². The monoisotopic (exact) mass is 412 g/mol. The highest BCUT2D eigenvalue weighted by Crippen LogP contribution is 2.70. The van der Waals surface area contributed by atoms with Gasteiger partial charge in [-0.3, -0.25) is 9.78 Å². The summed E-state index contributed by atoms with van der Waals surface area (Å²) >= 11 is 0. The fraction of sp³-hybridized carbons (Fsp3) is 0.565. The number of carbonyl (C=O) groups excluding carboxylic acids is 1. The molecule has 1 amide bonds. The standard InChI is InChI=1S/C23H28N2O3S/c1-15(17-7-6-16-5-4-10-24-19(16)12-17)11-21(26)25-20-13-18-8-9-23(20,22(18,2)3)14-29(25,27)28/h4-7,10,12,15,18,20H,8-9,11,13-14H2,1-3H3/t15-,18?,20+,23+/m0/s1. The van der Waals surface area contributed by atoms with Crippen molar-refractivity contribution in [2.75, 3.05) is 5.75 Å². The topological polar surface area (TPSA) is 67.3 Å². The van der Waals surface area contributed by atoms with E-state index in [1.807, 2.05) is 37.3 Å². The van der Waals surface area contributed by atoms with Crippen LogP contribution in [0.15, 0.2) is 36.5 Å². The lowest BCUT2D eigenvalue weighted by Gasteiger charge is -2.37. The number of amides is 1. The summed E-state index contributed by atoms with van der Waals surface area (Å²) in [6.07, 6.45) is 4.79. The molecule has 4 atom stereocenters. The van der Waals surface area contributed by atoms with Crippen molar-refractivity contribution in [1.29, 1.82) is 0 Å². The average molecular weight is 413 g/mol. The number of benzene rings is 1. The Morgan fingerprint density at radius 3 is 2.86 bits per heavy atom. The Labute approximate surface area is 172 Å². The van der Waals surface area contributed by atoms with Crippen molar-refractivity contribution in [2.45, 2.75) is 58.4 Å². The summed E-state index contributed by atoms with van der Waals surface area (Å²) in [4.78, 5) is 17.7. The van der Waals surface area contributed by atoms with Gasteiger partial charge < -0.3 is 0 Å². The molecule has 1 aromatic heterocycles. The van der Waals surface area contributed by atoms with Crippen LogP contribution in [0.2, 0.25) is 0 Å². The summed E-state index contributed by atoms with van der Waals surface area (Å²) in [6.45, 7) is 6.41. The first-order valence-electron chi connectivity index (χ1n) is 10.6. The van der Waals surface area contributed by atoms with Gasteiger partial charge in [0.25, 0.3) is 0 Å². The molecule has 5 nitrogen and oxygen atoms in total. The maximum atomic E-state index is 13.3. The molecule has 2 aliphatic carbocycles. The third-order valence-electron chi connectivity index (χ3n) is 8.34. The summed E-state index contributed by atoms with van der Waals surface area (Å²) in [5.74, 6) is 0.340. The Balaban J connectivity index is 1.41. The van der Waals surface area contributed by atoms with E-state index in [0.717, 1.165) is 35.7 Å². The first kappa shape index (κ1) is 19.0. The molecule has 5 rings (SSSR count). The Morgan fingerprint density at radius 2 is 2.10 bits per heavy atom. The number of rotatable bonds is 3. The van der Waals surface area contributed by atoms with Gasteiger partial charge in [-0.1, -0.05) is 39.0 Å². The van der Waals surface area contributed by atoms with Crippen molar-refractivity contribution in [3.05, 3.63) is 42.1 Å². The van der Waals surface area contributed by atoms with Gasteiger partial charge in [-0.25, -0.2) is 12.7 Å². The summed E-state index contributed by atoms with van der Waals surface area (Å²) < 4.78 is 27.4. The van der Waals surface area contributed by atoms with Crippen LogP contribution in [0.3, 0.4) is 0 Å². The smallest absolute Gasteiger partial charge is 0.238 e. The number of hydrogen-bond donors (Lipinski definition) is 0. The number of carbonyl (C=O) groups is 1. The highest BCUT2D eigenvalue weighted by molar-refractivity contribution is 7.90. The second kappa shape index (κ2) is 6.03. The minimum atomic E-state index is -3.55. The van der Waals surface area contributed by atoms with E-state index in [-0.39, 0.29) is 40.9 Å². The van der Waals surface area contributed by atoms with Gasteiger partial charge in [0.05, 0.1) is 17.3 Å². The minimum Gasteiger partial charge on any atom is -0.274 e. The molecule has 1 aliphatic heterocycles. The Kier molecular flexibility index (Phi) is 3.96. The van der Waals surface area contributed by atoms with Crippen molar-refractivity contribution < 1.29 is 13.2 Å². The van der Waals surface area contributed by atoms with Crippen LogP contribution < -0.4 is 0 Å². The van der Waals surface area contributed by atoms with Crippen molar-refractivity contribution >= 4 is 26.8 Å².